The monoisotopic (exact) mass is 372 g/mol. The molecule has 3 aromatic rings. The van der Waals surface area contributed by atoms with E-state index in [-0.39, 0.29) is 18.2 Å². The first-order chi connectivity index (χ1) is 12.2. The Bertz CT molecular complexity index is 844. The van der Waals surface area contributed by atoms with Gasteiger partial charge in [-0.3, -0.25) is 4.79 Å². The van der Waals surface area contributed by atoms with Crippen LogP contribution in [0.4, 0.5) is 5.69 Å². The number of thiophene rings is 1. The summed E-state index contributed by atoms with van der Waals surface area (Å²) in [7, 11) is 0. The normalized spacial score (nSPS) is 10.4. The molecule has 0 N–H and O–H groups in total. The first-order valence-corrected chi connectivity index (χ1v) is 9.52. The Labute approximate surface area is 153 Å². The number of aromatic nitrogens is 1. The van der Waals surface area contributed by atoms with Gasteiger partial charge in [0.1, 0.15) is 5.01 Å². The summed E-state index contributed by atoms with van der Waals surface area (Å²) in [6.45, 7) is 2.06. The summed E-state index contributed by atoms with van der Waals surface area (Å²) >= 11 is 2.95. The molecule has 3 rings (SSSR count). The van der Waals surface area contributed by atoms with Crippen LogP contribution in [-0.4, -0.2) is 30.0 Å². The Kier molecular flexibility index (Phi) is 5.57. The second kappa shape index (κ2) is 8.04. The van der Waals surface area contributed by atoms with Crippen molar-refractivity contribution in [3.05, 3.63) is 58.2 Å². The third kappa shape index (κ3) is 4.12. The lowest BCUT2D eigenvalue weighted by molar-refractivity contribution is -0.121. The minimum Gasteiger partial charge on any atom is -0.451 e. The highest BCUT2D eigenvalue weighted by molar-refractivity contribution is 7.14. The number of ether oxygens (including phenoxy) is 1. The van der Waals surface area contributed by atoms with Crippen molar-refractivity contribution in [3.63, 3.8) is 0 Å². The summed E-state index contributed by atoms with van der Waals surface area (Å²) in [6.07, 6.45) is 0. The molecule has 0 saturated heterocycles. The summed E-state index contributed by atoms with van der Waals surface area (Å²) in [5, 5.41) is 6.33. The molecule has 0 aliphatic carbocycles. The van der Waals surface area contributed by atoms with E-state index in [2.05, 4.69) is 4.98 Å². The maximum atomic E-state index is 12.3. The number of para-hydroxylation sites is 1. The molecule has 0 fully saturated rings. The standard InChI is InChI=1S/C18H16N2O3S2/c1-2-20(14-6-4-3-5-7-14)16(21)10-23-18(22)15-12-25-17(19-15)13-8-9-24-11-13/h3-9,11-12H,2,10H2,1H3. The molecule has 0 spiro atoms. The van der Waals surface area contributed by atoms with Crippen LogP contribution in [0.2, 0.25) is 0 Å². The van der Waals surface area contributed by atoms with Gasteiger partial charge in [0.15, 0.2) is 12.3 Å². The lowest BCUT2D eigenvalue weighted by atomic mass is 10.3. The Balaban J connectivity index is 1.61. The molecule has 0 saturated carbocycles. The van der Waals surface area contributed by atoms with E-state index in [0.717, 1.165) is 16.3 Å². The van der Waals surface area contributed by atoms with E-state index >= 15 is 0 Å². The Morgan fingerprint density at radius 2 is 1.96 bits per heavy atom. The number of carbonyl (C=O) groups is 2. The second-order valence-electron chi connectivity index (χ2n) is 5.10. The van der Waals surface area contributed by atoms with Gasteiger partial charge in [-0.15, -0.1) is 11.3 Å². The molecule has 5 nitrogen and oxygen atoms in total. The second-order valence-corrected chi connectivity index (χ2v) is 6.74. The average Bonchev–Trinajstić information content (AvgIpc) is 3.32. The minimum atomic E-state index is -0.588. The van der Waals surface area contributed by atoms with Crippen molar-refractivity contribution >= 4 is 40.2 Å². The number of likely N-dealkylation sites (N-methyl/N-ethyl adjacent to an activating group) is 1. The van der Waals surface area contributed by atoms with Gasteiger partial charge in [-0.2, -0.15) is 11.3 Å². The number of esters is 1. The van der Waals surface area contributed by atoms with E-state index in [1.807, 2.05) is 54.1 Å². The van der Waals surface area contributed by atoms with Crippen LogP contribution in [0.5, 0.6) is 0 Å². The maximum absolute atomic E-state index is 12.3. The Morgan fingerprint density at radius 3 is 2.64 bits per heavy atom. The van der Waals surface area contributed by atoms with Crippen LogP contribution in [-0.2, 0) is 9.53 Å². The lowest BCUT2D eigenvalue weighted by Gasteiger charge is -2.20. The molecule has 0 radical (unpaired) electrons. The molecule has 0 bridgehead atoms. The van der Waals surface area contributed by atoms with Crippen LogP contribution >= 0.6 is 22.7 Å². The topological polar surface area (TPSA) is 59.5 Å². The number of amides is 1. The van der Waals surface area contributed by atoms with Gasteiger partial charge >= 0.3 is 5.97 Å². The van der Waals surface area contributed by atoms with Gasteiger partial charge in [0.2, 0.25) is 0 Å². The molecule has 128 valence electrons. The quantitative estimate of drug-likeness (QED) is 0.612. The smallest absolute Gasteiger partial charge is 0.358 e. The fraction of sp³-hybridized carbons (Fsp3) is 0.167. The van der Waals surface area contributed by atoms with Gasteiger partial charge in [0.25, 0.3) is 5.91 Å². The molecule has 0 aliphatic heterocycles. The number of hydrogen-bond donors (Lipinski definition) is 0. The van der Waals surface area contributed by atoms with Gasteiger partial charge in [-0.05, 0) is 30.5 Å². The SMILES string of the molecule is CCN(C(=O)COC(=O)c1csc(-c2ccsc2)n1)c1ccccc1. The molecule has 2 aromatic heterocycles. The first-order valence-electron chi connectivity index (χ1n) is 7.69. The Hall–Kier alpha value is -2.51. The molecule has 0 aliphatic rings. The van der Waals surface area contributed by atoms with Crippen molar-refractivity contribution in [3.8, 4) is 10.6 Å². The van der Waals surface area contributed by atoms with E-state index in [1.165, 1.54) is 11.3 Å². The Morgan fingerprint density at radius 1 is 1.16 bits per heavy atom. The van der Waals surface area contributed by atoms with Crippen molar-refractivity contribution in [2.75, 3.05) is 18.1 Å². The van der Waals surface area contributed by atoms with E-state index in [0.29, 0.717) is 6.54 Å². The van der Waals surface area contributed by atoms with E-state index in [9.17, 15) is 9.59 Å². The summed E-state index contributed by atoms with van der Waals surface area (Å²) in [4.78, 5) is 30.3. The van der Waals surface area contributed by atoms with Crippen LogP contribution in [0.15, 0.2) is 52.5 Å². The number of rotatable bonds is 6. The molecular weight excluding hydrogens is 356 g/mol. The van der Waals surface area contributed by atoms with Gasteiger partial charge in [0.05, 0.1) is 0 Å². The number of benzene rings is 1. The molecule has 7 heteroatoms. The van der Waals surface area contributed by atoms with Crippen molar-refractivity contribution in [2.45, 2.75) is 6.92 Å². The third-order valence-corrected chi connectivity index (χ3v) is 5.07. The maximum Gasteiger partial charge on any atom is 0.358 e. The summed E-state index contributed by atoms with van der Waals surface area (Å²) in [6, 6.07) is 11.2. The molecule has 0 atom stereocenters. The number of carbonyl (C=O) groups excluding carboxylic acids is 2. The zero-order valence-corrected chi connectivity index (χ0v) is 15.2. The van der Waals surface area contributed by atoms with Gasteiger partial charge in [0, 0.05) is 28.6 Å². The fourth-order valence-electron chi connectivity index (χ4n) is 2.28. The number of nitrogens with zero attached hydrogens (tertiary/aromatic N) is 2. The van der Waals surface area contributed by atoms with Crippen LogP contribution in [0.1, 0.15) is 17.4 Å². The van der Waals surface area contributed by atoms with Crippen LogP contribution < -0.4 is 4.90 Å². The van der Waals surface area contributed by atoms with E-state index < -0.39 is 5.97 Å². The third-order valence-electron chi connectivity index (χ3n) is 3.49. The summed E-state index contributed by atoms with van der Waals surface area (Å²) < 4.78 is 5.14. The van der Waals surface area contributed by atoms with E-state index in [1.54, 1.807) is 21.6 Å². The highest BCUT2D eigenvalue weighted by Gasteiger charge is 2.18. The van der Waals surface area contributed by atoms with Crippen molar-refractivity contribution in [2.24, 2.45) is 0 Å². The highest BCUT2D eigenvalue weighted by atomic mass is 32.1. The van der Waals surface area contributed by atoms with Crippen LogP contribution in [0.3, 0.4) is 0 Å². The van der Waals surface area contributed by atoms with E-state index in [4.69, 9.17) is 4.74 Å². The highest BCUT2D eigenvalue weighted by Crippen LogP contribution is 2.25. The molecule has 25 heavy (non-hydrogen) atoms. The number of thiazole rings is 1. The zero-order valence-electron chi connectivity index (χ0n) is 13.5. The average molecular weight is 372 g/mol. The number of hydrogen-bond acceptors (Lipinski definition) is 6. The van der Waals surface area contributed by atoms with Crippen LogP contribution in [0, 0.1) is 0 Å². The lowest BCUT2D eigenvalue weighted by Crippen LogP contribution is -2.34. The summed E-state index contributed by atoms with van der Waals surface area (Å²) in [5.41, 5.74) is 1.98. The van der Waals surface area contributed by atoms with Crippen molar-refractivity contribution in [1.82, 2.24) is 4.98 Å². The summed E-state index contributed by atoms with van der Waals surface area (Å²) in [5.74, 6) is -0.856. The predicted molar refractivity (Wildman–Crippen MR) is 100 cm³/mol. The minimum absolute atomic E-state index is 0.224. The van der Waals surface area contributed by atoms with Gasteiger partial charge in [-0.1, -0.05) is 18.2 Å². The molecule has 0 unspecified atom stereocenters. The van der Waals surface area contributed by atoms with Crippen molar-refractivity contribution < 1.29 is 14.3 Å². The van der Waals surface area contributed by atoms with Gasteiger partial charge in [-0.25, -0.2) is 9.78 Å². The predicted octanol–water partition coefficient (Wildman–Crippen LogP) is 4.08. The molecule has 2 heterocycles. The van der Waals surface area contributed by atoms with Crippen LogP contribution in [0.25, 0.3) is 10.6 Å². The fourth-order valence-corrected chi connectivity index (χ4v) is 3.78. The zero-order chi connectivity index (χ0) is 17.6. The molecule has 1 aromatic carbocycles. The number of anilines is 1. The van der Waals surface area contributed by atoms with Gasteiger partial charge < -0.3 is 9.64 Å². The molecule has 1 amide bonds. The largest absolute Gasteiger partial charge is 0.451 e. The first kappa shape index (κ1) is 17.3. The van der Waals surface area contributed by atoms with Crippen molar-refractivity contribution in [1.29, 1.82) is 0 Å². The molecular formula is C18H16N2O3S2.